The van der Waals surface area contributed by atoms with Crippen LogP contribution in [0.15, 0.2) is 91.5 Å². The fourth-order valence-corrected chi connectivity index (χ4v) is 3.44. The van der Waals surface area contributed by atoms with Gasteiger partial charge in [-0.25, -0.2) is 4.39 Å². The Hall–Kier alpha value is -3.31. The SMILES string of the molecule is Fc1ccc(CN(Cc2ccncc2)Cc2ccccc2Cn2cccn2)cc1. The summed E-state index contributed by atoms with van der Waals surface area (Å²) in [6, 6.07) is 21.2. The van der Waals surface area contributed by atoms with Crippen LogP contribution in [0.1, 0.15) is 22.3 Å². The summed E-state index contributed by atoms with van der Waals surface area (Å²) in [5.41, 5.74) is 4.80. The fourth-order valence-electron chi connectivity index (χ4n) is 3.44. The van der Waals surface area contributed by atoms with Gasteiger partial charge in [0.1, 0.15) is 5.82 Å². The maximum absolute atomic E-state index is 13.3. The van der Waals surface area contributed by atoms with E-state index in [0.29, 0.717) is 0 Å². The summed E-state index contributed by atoms with van der Waals surface area (Å²) in [5, 5.41) is 4.34. The van der Waals surface area contributed by atoms with Gasteiger partial charge in [0.15, 0.2) is 0 Å². The predicted molar refractivity (Wildman–Crippen MR) is 111 cm³/mol. The van der Waals surface area contributed by atoms with Crippen molar-refractivity contribution in [1.82, 2.24) is 19.7 Å². The fraction of sp³-hybridized carbons (Fsp3) is 0.167. The molecule has 0 bridgehead atoms. The van der Waals surface area contributed by atoms with E-state index >= 15 is 0 Å². The Kier molecular flexibility index (Phi) is 6.07. The van der Waals surface area contributed by atoms with Crippen molar-refractivity contribution in [2.75, 3.05) is 0 Å². The third kappa shape index (κ3) is 5.36. The lowest BCUT2D eigenvalue weighted by Crippen LogP contribution is -2.23. The Balaban J connectivity index is 1.57. The van der Waals surface area contributed by atoms with Gasteiger partial charge in [-0.1, -0.05) is 36.4 Å². The van der Waals surface area contributed by atoms with Crippen molar-refractivity contribution in [3.8, 4) is 0 Å². The second-order valence-electron chi connectivity index (χ2n) is 7.10. The van der Waals surface area contributed by atoms with Crippen LogP contribution in [-0.2, 0) is 26.2 Å². The van der Waals surface area contributed by atoms with Crippen LogP contribution in [0.2, 0.25) is 0 Å². The monoisotopic (exact) mass is 386 g/mol. The maximum atomic E-state index is 13.3. The van der Waals surface area contributed by atoms with Gasteiger partial charge in [0, 0.05) is 44.4 Å². The van der Waals surface area contributed by atoms with Crippen molar-refractivity contribution < 1.29 is 4.39 Å². The molecule has 2 aromatic heterocycles. The van der Waals surface area contributed by atoms with Gasteiger partial charge in [-0.15, -0.1) is 0 Å². The van der Waals surface area contributed by atoms with Crippen LogP contribution < -0.4 is 0 Å². The first kappa shape index (κ1) is 19.0. The molecule has 0 fully saturated rings. The van der Waals surface area contributed by atoms with E-state index in [9.17, 15) is 4.39 Å². The molecule has 29 heavy (non-hydrogen) atoms. The van der Waals surface area contributed by atoms with E-state index in [1.165, 1.54) is 28.8 Å². The number of benzene rings is 2. The highest BCUT2D eigenvalue weighted by Gasteiger charge is 2.12. The molecule has 4 nitrogen and oxygen atoms in total. The maximum Gasteiger partial charge on any atom is 0.123 e. The summed E-state index contributed by atoms with van der Waals surface area (Å²) >= 11 is 0. The van der Waals surface area contributed by atoms with Gasteiger partial charge in [-0.3, -0.25) is 14.6 Å². The zero-order chi connectivity index (χ0) is 19.9. The molecule has 0 aliphatic heterocycles. The highest BCUT2D eigenvalue weighted by Crippen LogP contribution is 2.18. The van der Waals surface area contributed by atoms with Crippen molar-refractivity contribution in [1.29, 1.82) is 0 Å². The molecule has 4 rings (SSSR count). The number of hydrogen-bond donors (Lipinski definition) is 0. The topological polar surface area (TPSA) is 34.0 Å². The van der Waals surface area contributed by atoms with E-state index < -0.39 is 0 Å². The molecular formula is C24H23FN4. The Morgan fingerprint density at radius 2 is 1.41 bits per heavy atom. The predicted octanol–water partition coefficient (Wildman–Crippen LogP) is 4.67. The molecule has 0 unspecified atom stereocenters. The molecule has 0 atom stereocenters. The average Bonchev–Trinajstić information content (AvgIpc) is 3.25. The van der Waals surface area contributed by atoms with Crippen LogP contribution in [0.25, 0.3) is 0 Å². The molecule has 0 radical (unpaired) electrons. The lowest BCUT2D eigenvalue weighted by atomic mass is 10.1. The van der Waals surface area contributed by atoms with Gasteiger partial charge in [0.2, 0.25) is 0 Å². The van der Waals surface area contributed by atoms with Crippen molar-refractivity contribution in [2.24, 2.45) is 0 Å². The van der Waals surface area contributed by atoms with Gasteiger partial charge in [-0.05, 0) is 52.6 Å². The van der Waals surface area contributed by atoms with E-state index in [-0.39, 0.29) is 5.82 Å². The van der Waals surface area contributed by atoms with Crippen LogP contribution in [0.4, 0.5) is 4.39 Å². The van der Waals surface area contributed by atoms with E-state index in [2.05, 4.69) is 39.2 Å². The van der Waals surface area contributed by atoms with Gasteiger partial charge < -0.3 is 0 Å². The van der Waals surface area contributed by atoms with Crippen molar-refractivity contribution in [3.63, 3.8) is 0 Å². The zero-order valence-corrected chi connectivity index (χ0v) is 16.2. The van der Waals surface area contributed by atoms with E-state index in [0.717, 1.165) is 31.7 Å². The smallest absolute Gasteiger partial charge is 0.123 e. The van der Waals surface area contributed by atoms with E-state index in [1.807, 2.05) is 53.6 Å². The molecule has 4 aromatic rings. The minimum Gasteiger partial charge on any atom is -0.291 e. The number of rotatable bonds is 8. The van der Waals surface area contributed by atoms with Gasteiger partial charge >= 0.3 is 0 Å². The number of aromatic nitrogens is 3. The number of nitrogens with zero attached hydrogens (tertiary/aromatic N) is 4. The Morgan fingerprint density at radius 3 is 2.10 bits per heavy atom. The minimum atomic E-state index is -0.209. The molecule has 2 heterocycles. The van der Waals surface area contributed by atoms with Crippen molar-refractivity contribution in [3.05, 3.63) is 120 Å². The first-order valence-corrected chi connectivity index (χ1v) is 9.66. The number of halogens is 1. The molecule has 0 N–H and O–H groups in total. The minimum absolute atomic E-state index is 0.209. The molecule has 0 saturated heterocycles. The molecular weight excluding hydrogens is 363 g/mol. The largest absolute Gasteiger partial charge is 0.291 e. The summed E-state index contributed by atoms with van der Waals surface area (Å²) < 4.78 is 15.3. The quantitative estimate of drug-likeness (QED) is 0.441. The second-order valence-corrected chi connectivity index (χ2v) is 7.10. The molecule has 146 valence electrons. The molecule has 0 saturated carbocycles. The second kappa shape index (κ2) is 9.26. The highest BCUT2D eigenvalue weighted by atomic mass is 19.1. The first-order valence-electron chi connectivity index (χ1n) is 9.66. The molecule has 2 aromatic carbocycles. The summed E-state index contributed by atoms with van der Waals surface area (Å²) in [6.45, 7) is 3.05. The lowest BCUT2D eigenvalue weighted by Gasteiger charge is -2.24. The molecule has 0 spiro atoms. The number of hydrogen-bond acceptors (Lipinski definition) is 3. The van der Waals surface area contributed by atoms with Crippen LogP contribution in [0.5, 0.6) is 0 Å². The zero-order valence-electron chi connectivity index (χ0n) is 16.2. The van der Waals surface area contributed by atoms with Crippen molar-refractivity contribution in [2.45, 2.75) is 26.2 Å². The molecule has 0 aliphatic rings. The summed E-state index contributed by atoms with van der Waals surface area (Å²) in [4.78, 5) is 6.48. The van der Waals surface area contributed by atoms with Crippen LogP contribution in [0, 0.1) is 5.82 Å². The highest BCUT2D eigenvalue weighted by molar-refractivity contribution is 5.28. The van der Waals surface area contributed by atoms with Crippen molar-refractivity contribution >= 4 is 0 Å². The average molecular weight is 386 g/mol. The summed E-state index contributed by atoms with van der Waals surface area (Å²) in [5.74, 6) is -0.209. The standard InChI is InChI=1S/C24H23FN4/c25-24-8-6-20(7-9-24)16-28(17-21-10-13-26-14-11-21)18-22-4-1-2-5-23(22)19-29-15-3-12-27-29/h1-15H,16-19H2. The Morgan fingerprint density at radius 1 is 0.724 bits per heavy atom. The van der Waals surface area contributed by atoms with Gasteiger partial charge in [0.05, 0.1) is 6.54 Å². The Bertz CT molecular complexity index is 1010. The van der Waals surface area contributed by atoms with Crippen LogP contribution in [-0.4, -0.2) is 19.7 Å². The molecule has 0 aliphatic carbocycles. The van der Waals surface area contributed by atoms with Gasteiger partial charge in [-0.2, -0.15) is 5.10 Å². The van der Waals surface area contributed by atoms with E-state index in [1.54, 1.807) is 6.20 Å². The van der Waals surface area contributed by atoms with E-state index in [4.69, 9.17) is 0 Å². The molecule has 5 heteroatoms. The summed E-state index contributed by atoms with van der Waals surface area (Å²) in [7, 11) is 0. The normalized spacial score (nSPS) is 11.1. The Labute approximate surface area is 170 Å². The van der Waals surface area contributed by atoms with Crippen LogP contribution in [0.3, 0.4) is 0 Å². The lowest BCUT2D eigenvalue weighted by molar-refractivity contribution is 0.246. The third-order valence-corrected chi connectivity index (χ3v) is 4.88. The third-order valence-electron chi connectivity index (χ3n) is 4.88. The first-order chi connectivity index (χ1) is 14.3. The number of pyridine rings is 1. The molecule has 0 amide bonds. The summed E-state index contributed by atoms with van der Waals surface area (Å²) in [6.07, 6.45) is 7.41. The van der Waals surface area contributed by atoms with Crippen LogP contribution >= 0.6 is 0 Å². The van der Waals surface area contributed by atoms with Gasteiger partial charge in [0.25, 0.3) is 0 Å².